The predicted molar refractivity (Wildman–Crippen MR) is 69.0 cm³/mol. The molecule has 0 saturated carbocycles. The highest BCUT2D eigenvalue weighted by atomic mass is 35.5. The van der Waals surface area contributed by atoms with Crippen LogP contribution in [0.15, 0.2) is 18.2 Å². The molecule has 90 valence electrons. The molecular formula is C13H20ClNO. The Balaban J connectivity index is 3.05. The average Bonchev–Trinajstić information content (AvgIpc) is 2.28. The van der Waals surface area contributed by atoms with E-state index in [0.29, 0.717) is 10.8 Å². The van der Waals surface area contributed by atoms with Gasteiger partial charge >= 0.3 is 0 Å². The van der Waals surface area contributed by atoms with Crippen molar-refractivity contribution in [1.29, 1.82) is 0 Å². The molecule has 0 saturated heterocycles. The SMILES string of the molecule is CCC(C)(C)C(N)c1ccc(Cl)c(OC)c1. The molecule has 0 aromatic heterocycles. The van der Waals surface area contributed by atoms with E-state index in [1.807, 2.05) is 18.2 Å². The second-order valence-electron chi connectivity index (χ2n) is 4.71. The number of nitrogens with two attached hydrogens (primary N) is 1. The summed E-state index contributed by atoms with van der Waals surface area (Å²) < 4.78 is 5.19. The summed E-state index contributed by atoms with van der Waals surface area (Å²) in [5, 5.41) is 0.618. The van der Waals surface area contributed by atoms with Crippen LogP contribution in [0.2, 0.25) is 5.02 Å². The van der Waals surface area contributed by atoms with Crippen LogP contribution in [-0.4, -0.2) is 7.11 Å². The number of methoxy groups -OCH3 is 1. The Kier molecular flexibility index (Phi) is 4.22. The molecule has 3 heteroatoms. The highest BCUT2D eigenvalue weighted by Crippen LogP contribution is 2.36. The third kappa shape index (κ3) is 2.69. The highest BCUT2D eigenvalue weighted by molar-refractivity contribution is 6.32. The summed E-state index contributed by atoms with van der Waals surface area (Å²) in [7, 11) is 1.61. The van der Waals surface area contributed by atoms with Crippen LogP contribution in [0, 0.1) is 5.41 Å². The van der Waals surface area contributed by atoms with Gasteiger partial charge in [0.2, 0.25) is 0 Å². The van der Waals surface area contributed by atoms with Crippen LogP contribution in [0.4, 0.5) is 0 Å². The summed E-state index contributed by atoms with van der Waals surface area (Å²) in [6, 6.07) is 5.71. The van der Waals surface area contributed by atoms with Crippen molar-refractivity contribution in [3.63, 3.8) is 0 Å². The van der Waals surface area contributed by atoms with E-state index < -0.39 is 0 Å². The summed E-state index contributed by atoms with van der Waals surface area (Å²) in [6.07, 6.45) is 1.03. The summed E-state index contributed by atoms with van der Waals surface area (Å²) in [6.45, 7) is 6.48. The number of hydrogen-bond acceptors (Lipinski definition) is 2. The van der Waals surface area contributed by atoms with Crippen molar-refractivity contribution in [1.82, 2.24) is 0 Å². The molecule has 0 amide bonds. The maximum Gasteiger partial charge on any atom is 0.137 e. The molecule has 0 spiro atoms. The lowest BCUT2D eigenvalue weighted by molar-refractivity contribution is 0.277. The minimum Gasteiger partial charge on any atom is -0.495 e. The maximum absolute atomic E-state index is 6.26. The molecule has 2 nitrogen and oxygen atoms in total. The topological polar surface area (TPSA) is 35.2 Å². The van der Waals surface area contributed by atoms with Gasteiger partial charge < -0.3 is 10.5 Å². The molecule has 16 heavy (non-hydrogen) atoms. The Hall–Kier alpha value is -0.730. The molecule has 1 rings (SSSR count). The van der Waals surface area contributed by atoms with Crippen LogP contribution < -0.4 is 10.5 Å². The minimum absolute atomic E-state index is 0.0105. The van der Waals surface area contributed by atoms with E-state index in [1.165, 1.54) is 0 Å². The van der Waals surface area contributed by atoms with Crippen LogP contribution in [0.1, 0.15) is 38.8 Å². The monoisotopic (exact) mass is 241 g/mol. The second-order valence-corrected chi connectivity index (χ2v) is 5.12. The quantitative estimate of drug-likeness (QED) is 0.871. The second kappa shape index (κ2) is 5.07. The van der Waals surface area contributed by atoms with Gasteiger partial charge in [0.25, 0.3) is 0 Å². The van der Waals surface area contributed by atoms with Crippen molar-refractivity contribution in [2.75, 3.05) is 7.11 Å². The van der Waals surface area contributed by atoms with Gasteiger partial charge in [-0.05, 0) is 29.5 Å². The van der Waals surface area contributed by atoms with Gasteiger partial charge in [-0.1, -0.05) is 38.4 Å². The van der Waals surface area contributed by atoms with Crippen molar-refractivity contribution in [3.05, 3.63) is 28.8 Å². The van der Waals surface area contributed by atoms with Crippen LogP contribution in [0.25, 0.3) is 0 Å². The number of hydrogen-bond donors (Lipinski definition) is 1. The Bertz CT molecular complexity index is 363. The lowest BCUT2D eigenvalue weighted by atomic mass is 9.79. The van der Waals surface area contributed by atoms with Gasteiger partial charge in [0.1, 0.15) is 5.75 Å². The van der Waals surface area contributed by atoms with Gasteiger partial charge in [-0.15, -0.1) is 0 Å². The standard InChI is InChI=1S/C13H20ClNO/c1-5-13(2,3)12(15)9-6-7-10(14)11(8-9)16-4/h6-8,12H,5,15H2,1-4H3. The van der Waals surface area contributed by atoms with Crippen molar-refractivity contribution in [2.45, 2.75) is 33.2 Å². The molecule has 0 bridgehead atoms. The highest BCUT2D eigenvalue weighted by Gasteiger charge is 2.26. The Morgan fingerprint density at radius 3 is 2.56 bits per heavy atom. The first-order chi connectivity index (χ1) is 7.42. The molecule has 0 heterocycles. The molecule has 2 N–H and O–H groups in total. The van der Waals surface area contributed by atoms with Gasteiger partial charge in [0.15, 0.2) is 0 Å². The number of rotatable bonds is 4. The molecule has 0 fully saturated rings. The first-order valence-electron chi connectivity index (χ1n) is 5.51. The molecule has 1 atom stereocenters. The molecule has 0 aliphatic rings. The summed E-state index contributed by atoms with van der Waals surface area (Å²) in [4.78, 5) is 0. The van der Waals surface area contributed by atoms with Crippen LogP contribution in [-0.2, 0) is 0 Å². The zero-order chi connectivity index (χ0) is 12.3. The summed E-state index contributed by atoms with van der Waals surface area (Å²) in [5.74, 6) is 0.682. The van der Waals surface area contributed by atoms with Crippen LogP contribution >= 0.6 is 11.6 Å². The van der Waals surface area contributed by atoms with Gasteiger partial charge in [0.05, 0.1) is 12.1 Å². The molecule has 0 aliphatic carbocycles. The van der Waals surface area contributed by atoms with E-state index in [1.54, 1.807) is 7.11 Å². The van der Waals surface area contributed by atoms with Crippen LogP contribution in [0.3, 0.4) is 0 Å². The fraction of sp³-hybridized carbons (Fsp3) is 0.538. The first-order valence-corrected chi connectivity index (χ1v) is 5.89. The number of halogens is 1. The molecule has 1 aromatic carbocycles. The van der Waals surface area contributed by atoms with E-state index in [-0.39, 0.29) is 11.5 Å². The Morgan fingerprint density at radius 1 is 1.44 bits per heavy atom. The third-order valence-electron chi connectivity index (χ3n) is 3.29. The zero-order valence-corrected chi connectivity index (χ0v) is 11.1. The van der Waals surface area contributed by atoms with E-state index in [4.69, 9.17) is 22.1 Å². The fourth-order valence-electron chi connectivity index (χ4n) is 1.54. The molecule has 0 radical (unpaired) electrons. The fourth-order valence-corrected chi connectivity index (χ4v) is 1.74. The van der Waals surface area contributed by atoms with Gasteiger partial charge in [-0.2, -0.15) is 0 Å². The Morgan fingerprint density at radius 2 is 2.06 bits per heavy atom. The maximum atomic E-state index is 6.26. The van der Waals surface area contributed by atoms with E-state index in [2.05, 4.69) is 20.8 Å². The largest absolute Gasteiger partial charge is 0.495 e. The van der Waals surface area contributed by atoms with Crippen molar-refractivity contribution < 1.29 is 4.74 Å². The lowest BCUT2D eigenvalue weighted by Crippen LogP contribution is -2.28. The molecular weight excluding hydrogens is 222 g/mol. The molecule has 0 aliphatic heterocycles. The van der Waals surface area contributed by atoms with Gasteiger partial charge in [-0.25, -0.2) is 0 Å². The zero-order valence-electron chi connectivity index (χ0n) is 10.4. The smallest absolute Gasteiger partial charge is 0.137 e. The predicted octanol–water partition coefficient (Wildman–Crippen LogP) is 3.78. The van der Waals surface area contributed by atoms with Crippen LogP contribution in [0.5, 0.6) is 5.75 Å². The number of ether oxygens (including phenoxy) is 1. The normalized spacial score (nSPS) is 13.6. The molecule has 1 aromatic rings. The first kappa shape index (κ1) is 13.3. The van der Waals surface area contributed by atoms with E-state index in [0.717, 1.165) is 12.0 Å². The van der Waals surface area contributed by atoms with E-state index in [9.17, 15) is 0 Å². The third-order valence-corrected chi connectivity index (χ3v) is 3.60. The Labute approximate surface area is 103 Å². The molecule has 1 unspecified atom stereocenters. The van der Waals surface area contributed by atoms with Gasteiger partial charge in [0, 0.05) is 6.04 Å². The summed E-state index contributed by atoms with van der Waals surface area (Å²) >= 11 is 5.98. The minimum atomic E-state index is -0.0105. The van der Waals surface area contributed by atoms with Crippen molar-refractivity contribution in [2.24, 2.45) is 11.1 Å². The van der Waals surface area contributed by atoms with Gasteiger partial charge in [-0.3, -0.25) is 0 Å². The number of benzene rings is 1. The van der Waals surface area contributed by atoms with Crippen molar-refractivity contribution in [3.8, 4) is 5.75 Å². The average molecular weight is 242 g/mol. The van der Waals surface area contributed by atoms with E-state index >= 15 is 0 Å². The van der Waals surface area contributed by atoms with Crippen molar-refractivity contribution >= 4 is 11.6 Å². The lowest BCUT2D eigenvalue weighted by Gasteiger charge is -2.31. The summed E-state index contributed by atoms with van der Waals surface area (Å²) in [5.41, 5.74) is 7.39.